The molecule has 3 heterocycles. The Morgan fingerprint density at radius 1 is 1.10 bits per heavy atom. The summed E-state index contributed by atoms with van der Waals surface area (Å²) in [5, 5.41) is 4.54. The number of benzene rings is 2. The lowest BCUT2D eigenvalue weighted by molar-refractivity contribution is 0.501. The number of nitrogens with one attached hydrogen (secondary N) is 3. The van der Waals surface area contributed by atoms with Crippen molar-refractivity contribution in [3.63, 3.8) is 0 Å². The normalized spacial score (nSPS) is 14.9. The van der Waals surface area contributed by atoms with Crippen LogP contribution in [0.1, 0.15) is 36.7 Å². The van der Waals surface area contributed by atoms with Gasteiger partial charge < -0.3 is 20.9 Å². The van der Waals surface area contributed by atoms with E-state index in [0.29, 0.717) is 12.4 Å². The van der Waals surface area contributed by atoms with Gasteiger partial charge in [0.25, 0.3) is 0 Å². The van der Waals surface area contributed by atoms with Gasteiger partial charge in [0, 0.05) is 36.4 Å². The van der Waals surface area contributed by atoms with Gasteiger partial charge in [0.1, 0.15) is 17.2 Å². The lowest BCUT2D eigenvalue weighted by Crippen LogP contribution is -2.33. The van der Waals surface area contributed by atoms with E-state index in [1.807, 2.05) is 44.2 Å². The molecule has 5 rings (SSSR count). The maximum absolute atomic E-state index is 6.14. The van der Waals surface area contributed by atoms with Crippen molar-refractivity contribution >= 4 is 28.2 Å². The number of para-hydroxylation sites is 1. The highest BCUT2D eigenvalue weighted by molar-refractivity contribution is 5.78. The van der Waals surface area contributed by atoms with Gasteiger partial charge in [-0.3, -0.25) is 0 Å². The summed E-state index contributed by atoms with van der Waals surface area (Å²) < 4.78 is 6.14. The lowest BCUT2D eigenvalue weighted by Gasteiger charge is -2.27. The molecular weight excluding hydrogens is 374 g/mol. The number of nitrogens with two attached hydrogens (primary N) is 1. The molecule has 1 aliphatic rings. The predicted molar refractivity (Wildman–Crippen MR) is 123 cm³/mol. The number of hydrazine groups is 1. The van der Waals surface area contributed by atoms with Crippen LogP contribution in [0.2, 0.25) is 0 Å². The van der Waals surface area contributed by atoms with E-state index in [1.54, 1.807) is 6.20 Å². The SMILES string of the molecule is CC.Nc1cc(NCc2ccc3c(c2)C(c2cc4ccccc4o2)CNN3)ccn1. The molecule has 0 saturated heterocycles. The van der Waals surface area contributed by atoms with Crippen LogP contribution in [0.5, 0.6) is 0 Å². The molecule has 0 radical (unpaired) electrons. The van der Waals surface area contributed by atoms with Crippen LogP contribution in [-0.4, -0.2) is 11.5 Å². The number of anilines is 3. The molecule has 0 amide bonds. The van der Waals surface area contributed by atoms with E-state index in [4.69, 9.17) is 10.2 Å². The Balaban J connectivity index is 0.00000106. The van der Waals surface area contributed by atoms with Crippen molar-refractivity contribution in [1.82, 2.24) is 10.4 Å². The van der Waals surface area contributed by atoms with Crippen LogP contribution in [0.15, 0.2) is 71.3 Å². The molecule has 0 saturated carbocycles. The fourth-order valence-electron chi connectivity index (χ4n) is 3.67. The third kappa shape index (κ3) is 4.09. The van der Waals surface area contributed by atoms with E-state index in [1.165, 1.54) is 11.1 Å². The van der Waals surface area contributed by atoms with E-state index in [9.17, 15) is 0 Å². The minimum Gasteiger partial charge on any atom is -0.460 e. The molecule has 1 unspecified atom stereocenters. The van der Waals surface area contributed by atoms with Crippen molar-refractivity contribution in [1.29, 1.82) is 0 Å². The van der Waals surface area contributed by atoms with Crippen molar-refractivity contribution in [2.24, 2.45) is 0 Å². The largest absolute Gasteiger partial charge is 0.460 e. The Kier molecular flexibility index (Phi) is 5.86. The Bertz CT molecular complexity index is 1100. The van der Waals surface area contributed by atoms with Gasteiger partial charge in [0.15, 0.2) is 0 Å². The minimum atomic E-state index is 0.153. The molecule has 0 spiro atoms. The third-order valence-electron chi connectivity index (χ3n) is 5.09. The van der Waals surface area contributed by atoms with Crippen LogP contribution in [-0.2, 0) is 6.54 Å². The van der Waals surface area contributed by atoms with Crippen LogP contribution in [0.4, 0.5) is 17.2 Å². The summed E-state index contributed by atoms with van der Waals surface area (Å²) >= 11 is 0. The highest BCUT2D eigenvalue weighted by Gasteiger charge is 2.25. The zero-order chi connectivity index (χ0) is 20.9. The van der Waals surface area contributed by atoms with Crippen LogP contribution in [0.3, 0.4) is 0 Å². The molecule has 1 aliphatic heterocycles. The number of nitrogen functional groups attached to an aromatic ring is 1. The van der Waals surface area contributed by atoms with Crippen LogP contribution in [0.25, 0.3) is 11.0 Å². The van der Waals surface area contributed by atoms with Crippen molar-refractivity contribution in [3.8, 4) is 0 Å². The Labute approximate surface area is 176 Å². The summed E-state index contributed by atoms with van der Waals surface area (Å²) in [5.74, 6) is 1.64. The highest BCUT2D eigenvalue weighted by atomic mass is 16.3. The van der Waals surface area contributed by atoms with Gasteiger partial charge >= 0.3 is 0 Å². The lowest BCUT2D eigenvalue weighted by atomic mass is 9.92. The zero-order valence-corrected chi connectivity index (χ0v) is 17.3. The van der Waals surface area contributed by atoms with E-state index in [2.05, 4.69) is 51.5 Å². The first kappa shape index (κ1) is 19.8. The van der Waals surface area contributed by atoms with E-state index < -0.39 is 0 Å². The third-order valence-corrected chi connectivity index (χ3v) is 5.09. The first-order chi connectivity index (χ1) is 14.8. The highest BCUT2D eigenvalue weighted by Crippen LogP contribution is 2.36. The van der Waals surface area contributed by atoms with Crippen LogP contribution in [0, 0.1) is 0 Å². The molecule has 0 bridgehead atoms. The number of furan rings is 1. The Morgan fingerprint density at radius 3 is 2.80 bits per heavy atom. The molecule has 5 N–H and O–H groups in total. The second-order valence-corrected chi connectivity index (χ2v) is 6.99. The predicted octanol–water partition coefficient (Wildman–Crippen LogP) is 5.11. The van der Waals surface area contributed by atoms with Crippen molar-refractivity contribution < 1.29 is 4.42 Å². The smallest absolute Gasteiger partial charge is 0.134 e. The second-order valence-electron chi connectivity index (χ2n) is 6.99. The standard InChI is InChI=1S/C22H21N5O.C2H6/c23-22-11-16(7-8-24-22)25-12-14-5-6-19-17(9-14)18(13-26-27-19)21-10-15-3-1-2-4-20(15)28-21;1-2/h1-11,18,26-27H,12-13H2,(H3,23,24,25);1-2H3. The minimum absolute atomic E-state index is 0.153. The number of pyridine rings is 1. The average molecular weight is 402 g/mol. The Morgan fingerprint density at radius 2 is 1.97 bits per heavy atom. The van der Waals surface area contributed by atoms with Crippen molar-refractivity contribution in [2.45, 2.75) is 26.3 Å². The van der Waals surface area contributed by atoms with Gasteiger partial charge in [-0.05, 0) is 35.4 Å². The van der Waals surface area contributed by atoms with Gasteiger partial charge in [-0.1, -0.05) is 44.2 Å². The van der Waals surface area contributed by atoms with Gasteiger partial charge in [-0.2, -0.15) is 0 Å². The number of hydrogen-bond acceptors (Lipinski definition) is 6. The Hall–Kier alpha value is -3.51. The summed E-state index contributed by atoms with van der Waals surface area (Å²) in [6, 6.07) is 20.5. The molecule has 6 nitrogen and oxygen atoms in total. The van der Waals surface area contributed by atoms with Gasteiger partial charge in [-0.15, -0.1) is 0 Å². The maximum atomic E-state index is 6.14. The molecular formula is C24H27N5O. The monoisotopic (exact) mass is 401 g/mol. The molecule has 30 heavy (non-hydrogen) atoms. The number of rotatable bonds is 4. The maximum Gasteiger partial charge on any atom is 0.134 e. The second kappa shape index (κ2) is 8.88. The number of fused-ring (bicyclic) bond motifs is 2. The van der Waals surface area contributed by atoms with Crippen molar-refractivity contribution in [2.75, 3.05) is 23.0 Å². The van der Waals surface area contributed by atoms with Gasteiger partial charge in [0.05, 0.1) is 11.6 Å². The van der Waals surface area contributed by atoms with Gasteiger partial charge in [-0.25, -0.2) is 10.4 Å². The number of aromatic nitrogens is 1. The summed E-state index contributed by atoms with van der Waals surface area (Å²) in [5.41, 5.74) is 17.7. The van der Waals surface area contributed by atoms with E-state index in [0.717, 1.165) is 34.6 Å². The summed E-state index contributed by atoms with van der Waals surface area (Å²) in [6.45, 7) is 5.47. The topological polar surface area (TPSA) is 88.1 Å². The summed E-state index contributed by atoms with van der Waals surface area (Å²) in [7, 11) is 0. The first-order valence-electron chi connectivity index (χ1n) is 10.3. The molecule has 2 aromatic heterocycles. The molecule has 2 aromatic carbocycles. The van der Waals surface area contributed by atoms with Crippen molar-refractivity contribution in [3.05, 3.63) is 83.7 Å². The first-order valence-corrected chi connectivity index (χ1v) is 10.3. The molecule has 0 fully saturated rings. The molecule has 6 heteroatoms. The van der Waals surface area contributed by atoms with Gasteiger partial charge in [0.2, 0.25) is 0 Å². The van der Waals surface area contributed by atoms with Crippen LogP contribution >= 0.6 is 0 Å². The van der Waals surface area contributed by atoms with E-state index in [-0.39, 0.29) is 5.92 Å². The summed E-state index contributed by atoms with van der Waals surface area (Å²) in [4.78, 5) is 4.03. The quantitative estimate of drug-likeness (QED) is 0.380. The molecule has 0 aliphatic carbocycles. The fraction of sp³-hybridized carbons (Fsp3) is 0.208. The fourth-order valence-corrected chi connectivity index (χ4v) is 3.67. The molecule has 154 valence electrons. The average Bonchev–Trinajstić information content (AvgIpc) is 3.23. The molecule has 1 atom stereocenters. The number of nitrogens with zero attached hydrogens (tertiary/aromatic N) is 1. The van der Waals surface area contributed by atoms with Crippen LogP contribution < -0.4 is 21.9 Å². The number of hydrogen-bond donors (Lipinski definition) is 4. The molecule has 4 aromatic rings. The zero-order valence-electron chi connectivity index (χ0n) is 17.3. The summed E-state index contributed by atoms with van der Waals surface area (Å²) in [6.07, 6.45) is 1.71. The van der Waals surface area contributed by atoms with E-state index >= 15 is 0 Å².